The lowest BCUT2D eigenvalue weighted by Crippen LogP contribution is -2.27. The molecule has 1 amide bonds. The number of halogens is 1. The maximum atomic E-state index is 12.0. The Kier molecular flexibility index (Phi) is 4.57. The standard InChI is InChI=1S/C13H14BrN3O2/c1-19-10-2-3-12(14)11(8-10)13(18)16-5-7-17-6-4-15-9-17/h2-4,6,8-9H,5,7H2,1H3,(H,16,18). The normalized spacial score (nSPS) is 10.2. The molecule has 0 radical (unpaired) electrons. The summed E-state index contributed by atoms with van der Waals surface area (Å²) < 4.78 is 7.76. The van der Waals surface area contributed by atoms with Crippen molar-refractivity contribution in [2.45, 2.75) is 6.54 Å². The number of carbonyl (C=O) groups is 1. The number of benzene rings is 1. The molecule has 2 aromatic rings. The van der Waals surface area contributed by atoms with Crippen molar-refractivity contribution in [2.75, 3.05) is 13.7 Å². The molecule has 0 saturated heterocycles. The third-order valence-electron chi connectivity index (χ3n) is 2.63. The number of carbonyl (C=O) groups excluding carboxylic acids is 1. The molecule has 0 unspecified atom stereocenters. The largest absolute Gasteiger partial charge is 0.497 e. The Morgan fingerprint density at radius 3 is 3.05 bits per heavy atom. The van der Waals surface area contributed by atoms with Gasteiger partial charge in [-0.3, -0.25) is 4.79 Å². The van der Waals surface area contributed by atoms with Gasteiger partial charge in [0.25, 0.3) is 5.91 Å². The van der Waals surface area contributed by atoms with Crippen molar-refractivity contribution in [2.24, 2.45) is 0 Å². The van der Waals surface area contributed by atoms with Crippen LogP contribution in [0, 0.1) is 0 Å². The first-order valence-electron chi connectivity index (χ1n) is 5.78. The van der Waals surface area contributed by atoms with E-state index in [1.54, 1.807) is 37.8 Å². The van der Waals surface area contributed by atoms with Gasteiger partial charge in [-0.15, -0.1) is 0 Å². The van der Waals surface area contributed by atoms with E-state index < -0.39 is 0 Å². The van der Waals surface area contributed by atoms with Crippen LogP contribution < -0.4 is 10.1 Å². The number of aromatic nitrogens is 2. The zero-order valence-electron chi connectivity index (χ0n) is 10.5. The van der Waals surface area contributed by atoms with Gasteiger partial charge in [0.2, 0.25) is 0 Å². The lowest BCUT2D eigenvalue weighted by atomic mass is 10.2. The molecule has 0 bridgehead atoms. The number of amides is 1. The predicted octanol–water partition coefficient (Wildman–Crippen LogP) is 2.08. The van der Waals surface area contributed by atoms with E-state index in [9.17, 15) is 4.79 Å². The Labute approximate surface area is 119 Å². The van der Waals surface area contributed by atoms with Gasteiger partial charge < -0.3 is 14.6 Å². The van der Waals surface area contributed by atoms with Crippen molar-refractivity contribution in [3.63, 3.8) is 0 Å². The van der Waals surface area contributed by atoms with Crippen LogP contribution in [0.5, 0.6) is 5.75 Å². The van der Waals surface area contributed by atoms with Gasteiger partial charge in [0, 0.05) is 30.0 Å². The van der Waals surface area contributed by atoms with Crippen LogP contribution in [0.2, 0.25) is 0 Å². The fourth-order valence-electron chi connectivity index (χ4n) is 1.62. The smallest absolute Gasteiger partial charge is 0.252 e. The van der Waals surface area contributed by atoms with E-state index >= 15 is 0 Å². The highest BCUT2D eigenvalue weighted by molar-refractivity contribution is 9.10. The molecular weight excluding hydrogens is 310 g/mol. The summed E-state index contributed by atoms with van der Waals surface area (Å²) in [6.07, 6.45) is 5.28. The molecule has 19 heavy (non-hydrogen) atoms. The molecule has 2 rings (SSSR count). The van der Waals surface area contributed by atoms with Gasteiger partial charge in [-0.05, 0) is 34.1 Å². The minimum atomic E-state index is -0.133. The second kappa shape index (κ2) is 6.38. The van der Waals surface area contributed by atoms with Crippen LogP contribution in [0.3, 0.4) is 0 Å². The van der Waals surface area contributed by atoms with Crippen LogP contribution in [0.15, 0.2) is 41.4 Å². The van der Waals surface area contributed by atoms with E-state index in [1.807, 2.05) is 10.8 Å². The van der Waals surface area contributed by atoms with Crippen LogP contribution in [-0.4, -0.2) is 29.1 Å². The van der Waals surface area contributed by atoms with Gasteiger partial charge in [-0.25, -0.2) is 4.98 Å². The van der Waals surface area contributed by atoms with Crippen LogP contribution >= 0.6 is 15.9 Å². The van der Waals surface area contributed by atoms with Gasteiger partial charge in [-0.2, -0.15) is 0 Å². The Bertz CT molecular complexity index is 555. The molecule has 1 aromatic heterocycles. The maximum absolute atomic E-state index is 12.0. The Balaban J connectivity index is 1.95. The number of imidazole rings is 1. The molecule has 1 N–H and O–H groups in total. The van der Waals surface area contributed by atoms with Crippen LogP contribution in [-0.2, 0) is 6.54 Å². The van der Waals surface area contributed by atoms with Crippen LogP contribution in [0.25, 0.3) is 0 Å². The maximum Gasteiger partial charge on any atom is 0.252 e. The zero-order valence-corrected chi connectivity index (χ0v) is 12.1. The average molecular weight is 324 g/mol. The van der Waals surface area contributed by atoms with Gasteiger partial charge >= 0.3 is 0 Å². The highest BCUT2D eigenvalue weighted by Crippen LogP contribution is 2.22. The average Bonchev–Trinajstić information content (AvgIpc) is 2.92. The zero-order chi connectivity index (χ0) is 13.7. The van der Waals surface area contributed by atoms with Crippen LogP contribution in [0.4, 0.5) is 0 Å². The third-order valence-corrected chi connectivity index (χ3v) is 3.32. The van der Waals surface area contributed by atoms with Crippen molar-refractivity contribution >= 4 is 21.8 Å². The lowest BCUT2D eigenvalue weighted by molar-refractivity contribution is 0.0951. The fraction of sp³-hybridized carbons (Fsp3) is 0.231. The summed E-state index contributed by atoms with van der Waals surface area (Å²) in [5.41, 5.74) is 0.560. The molecule has 0 spiro atoms. The van der Waals surface area contributed by atoms with E-state index in [0.717, 1.165) is 4.47 Å². The summed E-state index contributed by atoms with van der Waals surface area (Å²) in [5.74, 6) is 0.522. The van der Waals surface area contributed by atoms with Gasteiger partial charge in [0.05, 0.1) is 19.0 Å². The first-order valence-corrected chi connectivity index (χ1v) is 6.57. The van der Waals surface area contributed by atoms with E-state index in [2.05, 4.69) is 26.2 Å². The minimum absolute atomic E-state index is 0.133. The predicted molar refractivity (Wildman–Crippen MR) is 75.3 cm³/mol. The molecule has 0 fully saturated rings. The molecule has 5 nitrogen and oxygen atoms in total. The molecule has 1 heterocycles. The van der Waals surface area contributed by atoms with Gasteiger partial charge in [0.15, 0.2) is 0 Å². The summed E-state index contributed by atoms with van der Waals surface area (Å²) in [4.78, 5) is 16.0. The van der Waals surface area contributed by atoms with E-state index in [-0.39, 0.29) is 5.91 Å². The Morgan fingerprint density at radius 2 is 2.37 bits per heavy atom. The SMILES string of the molecule is COc1ccc(Br)c(C(=O)NCCn2ccnc2)c1. The van der Waals surface area contributed by atoms with Crippen molar-refractivity contribution in [1.29, 1.82) is 0 Å². The van der Waals surface area contributed by atoms with Gasteiger partial charge in [0.1, 0.15) is 5.75 Å². The first-order chi connectivity index (χ1) is 9.20. The number of nitrogens with one attached hydrogen (secondary N) is 1. The second-order valence-corrected chi connectivity index (χ2v) is 4.76. The molecule has 0 saturated carbocycles. The summed E-state index contributed by atoms with van der Waals surface area (Å²) >= 11 is 3.36. The second-order valence-electron chi connectivity index (χ2n) is 3.90. The number of methoxy groups -OCH3 is 1. The summed E-state index contributed by atoms with van der Waals surface area (Å²) in [5, 5.41) is 2.86. The third kappa shape index (κ3) is 3.57. The molecule has 0 atom stereocenters. The quantitative estimate of drug-likeness (QED) is 0.916. The monoisotopic (exact) mass is 323 g/mol. The fourth-order valence-corrected chi connectivity index (χ4v) is 2.04. The highest BCUT2D eigenvalue weighted by atomic mass is 79.9. The van der Waals surface area contributed by atoms with E-state index in [4.69, 9.17) is 4.74 Å². The van der Waals surface area contributed by atoms with Crippen molar-refractivity contribution < 1.29 is 9.53 Å². The van der Waals surface area contributed by atoms with Crippen molar-refractivity contribution in [3.8, 4) is 5.75 Å². The number of ether oxygens (including phenoxy) is 1. The molecule has 0 aliphatic carbocycles. The molecule has 100 valence electrons. The first kappa shape index (κ1) is 13.6. The number of hydrogen-bond acceptors (Lipinski definition) is 3. The number of rotatable bonds is 5. The molecular formula is C13H14BrN3O2. The Hall–Kier alpha value is -1.82. The molecule has 6 heteroatoms. The summed E-state index contributed by atoms with van der Waals surface area (Å²) in [7, 11) is 1.57. The summed E-state index contributed by atoms with van der Waals surface area (Å²) in [6, 6.07) is 5.30. The lowest BCUT2D eigenvalue weighted by Gasteiger charge is -2.09. The minimum Gasteiger partial charge on any atom is -0.497 e. The topological polar surface area (TPSA) is 56.1 Å². The molecule has 0 aliphatic rings. The van der Waals surface area contributed by atoms with E-state index in [0.29, 0.717) is 24.4 Å². The van der Waals surface area contributed by atoms with E-state index in [1.165, 1.54) is 0 Å². The van der Waals surface area contributed by atoms with Gasteiger partial charge in [-0.1, -0.05) is 0 Å². The van der Waals surface area contributed by atoms with Crippen molar-refractivity contribution in [1.82, 2.24) is 14.9 Å². The van der Waals surface area contributed by atoms with Crippen molar-refractivity contribution in [3.05, 3.63) is 47.0 Å². The molecule has 1 aromatic carbocycles. The highest BCUT2D eigenvalue weighted by Gasteiger charge is 2.10. The summed E-state index contributed by atoms with van der Waals surface area (Å²) in [6.45, 7) is 1.23. The van der Waals surface area contributed by atoms with Crippen LogP contribution in [0.1, 0.15) is 10.4 Å². The number of hydrogen-bond donors (Lipinski definition) is 1. The molecule has 0 aliphatic heterocycles. The number of nitrogens with zero attached hydrogens (tertiary/aromatic N) is 2. The Morgan fingerprint density at radius 1 is 1.53 bits per heavy atom.